The second-order valence-electron chi connectivity index (χ2n) is 4.85. The third-order valence-electron chi connectivity index (χ3n) is 3.32. The third-order valence-corrected chi connectivity index (χ3v) is 3.32. The molecule has 0 aromatic rings. The molecule has 2 N–H and O–H groups in total. The van der Waals surface area contributed by atoms with Crippen molar-refractivity contribution in [1.82, 2.24) is 15.5 Å². The standard InChI is InChI=1S/C11H21N3O/c1-9-7-14(8-11(15)13-9)5-3-10-2-4-12-6-10/h9-10,12H,2-8H2,1H3,(H,13,15). The Morgan fingerprint density at radius 2 is 2.40 bits per heavy atom. The molecular weight excluding hydrogens is 190 g/mol. The molecule has 2 aliphatic heterocycles. The first-order valence-corrected chi connectivity index (χ1v) is 5.96. The van der Waals surface area contributed by atoms with Gasteiger partial charge in [-0.3, -0.25) is 9.69 Å². The normalized spacial score (nSPS) is 33.0. The second-order valence-corrected chi connectivity index (χ2v) is 4.85. The summed E-state index contributed by atoms with van der Waals surface area (Å²) in [6.07, 6.45) is 2.53. The zero-order valence-corrected chi connectivity index (χ0v) is 9.46. The Kier molecular flexibility index (Phi) is 3.59. The van der Waals surface area contributed by atoms with Crippen molar-refractivity contribution in [2.75, 3.05) is 32.7 Å². The van der Waals surface area contributed by atoms with Crippen LogP contribution in [-0.4, -0.2) is 49.6 Å². The molecule has 2 heterocycles. The number of carbonyl (C=O) groups excluding carboxylic acids is 1. The maximum atomic E-state index is 11.3. The van der Waals surface area contributed by atoms with Crippen LogP contribution in [0.5, 0.6) is 0 Å². The highest BCUT2D eigenvalue weighted by Crippen LogP contribution is 2.13. The first-order valence-electron chi connectivity index (χ1n) is 5.96. The summed E-state index contributed by atoms with van der Waals surface area (Å²) in [5.74, 6) is 1.00. The van der Waals surface area contributed by atoms with Crippen LogP contribution in [-0.2, 0) is 4.79 Å². The molecule has 0 saturated carbocycles. The van der Waals surface area contributed by atoms with Gasteiger partial charge in [0.05, 0.1) is 6.54 Å². The Hall–Kier alpha value is -0.610. The molecule has 2 unspecified atom stereocenters. The van der Waals surface area contributed by atoms with Gasteiger partial charge in [-0.05, 0) is 45.3 Å². The van der Waals surface area contributed by atoms with E-state index in [9.17, 15) is 4.79 Å². The van der Waals surface area contributed by atoms with Crippen LogP contribution in [0.25, 0.3) is 0 Å². The summed E-state index contributed by atoms with van der Waals surface area (Å²) in [7, 11) is 0. The summed E-state index contributed by atoms with van der Waals surface area (Å²) in [6.45, 7) is 7.07. The number of piperazine rings is 1. The molecule has 86 valence electrons. The maximum Gasteiger partial charge on any atom is 0.234 e. The van der Waals surface area contributed by atoms with Crippen molar-refractivity contribution in [2.24, 2.45) is 5.92 Å². The van der Waals surface area contributed by atoms with Crippen LogP contribution >= 0.6 is 0 Å². The largest absolute Gasteiger partial charge is 0.351 e. The minimum Gasteiger partial charge on any atom is -0.351 e. The number of carbonyl (C=O) groups is 1. The van der Waals surface area contributed by atoms with E-state index in [1.54, 1.807) is 0 Å². The maximum absolute atomic E-state index is 11.3. The molecule has 0 aromatic carbocycles. The monoisotopic (exact) mass is 211 g/mol. The van der Waals surface area contributed by atoms with Gasteiger partial charge in [0.1, 0.15) is 0 Å². The quantitative estimate of drug-likeness (QED) is 0.680. The summed E-state index contributed by atoms with van der Waals surface area (Å²) in [4.78, 5) is 13.6. The smallest absolute Gasteiger partial charge is 0.234 e. The fourth-order valence-electron chi connectivity index (χ4n) is 2.52. The average Bonchev–Trinajstić information content (AvgIpc) is 2.65. The predicted octanol–water partition coefficient (Wildman–Crippen LogP) is -0.194. The lowest BCUT2D eigenvalue weighted by molar-refractivity contribution is -0.125. The van der Waals surface area contributed by atoms with Crippen LogP contribution in [0.4, 0.5) is 0 Å². The fraction of sp³-hybridized carbons (Fsp3) is 0.909. The minimum atomic E-state index is 0.179. The lowest BCUT2D eigenvalue weighted by Gasteiger charge is -2.31. The van der Waals surface area contributed by atoms with Crippen molar-refractivity contribution >= 4 is 5.91 Å². The van der Waals surface area contributed by atoms with E-state index in [-0.39, 0.29) is 5.91 Å². The number of nitrogens with zero attached hydrogens (tertiary/aromatic N) is 1. The highest BCUT2D eigenvalue weighted by Gasteiger charge is 2.22. The van der Waals surface area contributed by atoms with Gasteiger partial charge in [-0.2, -0.15) is 0 Å². The lowest BCUT2D eigenvalue weighted by atomic mass is 10.0. The van der Waals surface area contributed by atoms with Crippen molar-refractivity contribution in [1.29, 1.82) is 0 Å². The van der Waals surface area contributed by atoms with Gasteiger partial charge in [-0.1, -0.05) is 0 Å². The molecule has 2 rings (SSSR count). The first kappa shape index (κ1) is 10.9. The zero-order valence-electron chi connectivity index (χ0n) is 9.46. The molecule has 4 nitrogen and oxygen atoms in total. The molecule has 0 aliphatic carbocycles. The highest BCUT2D eigenvalue weighted by molar-refractivity contribution is 5.79. The van der Waals surface area contributed by atoms with E-state index in [0.717, 1.165) is 25.6 Å². The molecular formula is C11H21N3O. The molecule has 4 heteroatoms. The van der Waals surface area contributed by atoms with Gasteiger partial charge in [0.15, 0.2) is 0 Å². The summed E-state index contributed by atoms with van der Waals surface area (Å²) in [6, 6.07) is 0.313. The Morgan fingerprint density at radius 3 is 3.07 bits per heavy atom. The van der Waals surface area contributed by atoms with Crippen LogP contribution in [0, 0.1) is 5.92 Å². The van der Waals surface area contributed by atoms with E-state index in [4.69, 9.17) is 0 Å². The summed E-state index contributed by atoms with van der Waals surface area (Å²) >= 11 is 0. The van der Waals surface area contributed by atoms with Gasteiger partial charge in [0.25, 0.3) is 0 Å². The molecule has 15 heavy (non-hydrogen) atoms. The SMILES string of the molecule is CC1CN(CCC2CCNC2)CC(=O)N1. The van der Waals surface area contributed by atoms with Crippen LogP contribution in [0.2, 0.25) is 0 Å². The van der Waals surface area contributed by atoms with E-state index in [1.807, 2.05) is 0 Å². The van der Waals surface area contributed by atoms with E-state index in [2.05, 4.69) is 22.5 Å². The molecule has 2 saturated heterocycles. The lowest BCUT2D eigenvalue weighted by Crippen LogP contribution is -2.53. The molecule has 0 radical (unpaired) electrons. The van der Waals surface area contributed by atoms with Crippen molar-refractivity contribution in [3.8, 4) is 0 Å². The van der Waals surface area contributed by atoms with Crippen molar-refractivity contribution in [3.05, 3.63) is 0 Å². The number of nitrogens with one attached hydrogen (secondary N) is 2. The van der Waals surface area contributed by atoms with Gasteiger partial charge in [-0.25, -0.2) is 0 Å². The first-order chi connectivity index (χ1) is 7.24. The molecule has 2 aliphatic rings. The Labute approximate surface area is 91.4 Å². The van der Waals surface area contributed by atoms with Gasteiger partial charge in [-0.15, -0.1) is 0 Å². The predicted molar refractivity (Wildman–Crippen MR) is 59.6 cm³/mol. The van der Waals surface area contributed by atoms with Gasteiger partial charge >= 0.3 is 0 Å². The molecule has 0 bridgehead atoms. The Bertz CT molecular complexity index is 226. The van der Waals surface area contributed by atoms with Crippen molar-refractivity contribution in [3.63, 3.8) is 0 Å². The third kappa shape index (κ3) is 3.18. The number of hydrogen-bond donors (Lipinski definition) is 2. The zero-order chi connectivity index (χ0) is 10.7. The van der Waals surface area contributed by atoms with E-state index >= 15 is 0 Å². The van der Waals surface area contributed by atoms with Crippen LogP contribution in [0.15, 0.2) is 0 Å². The molecule has 2 fully saturated rings. The second kappa shape index (κ2) is 4.94. The van der Waals surface area contributed by atoms with Crippen molar-refractivity contribution in [2.45, 2.75) is 25.8 Å². The van der Waals surface area contributed by atoms with Crippen LogP contribution in [0.3, 0.4) is 0 Å². The minimum absolute atomic E-state index is 0.179. The fourth-order valence-corrected chi connectivity index (χ4v) is 2.52. The number of rotatable bonds is 3. The average molecular weight is 211 g/mol. The van der Waals surface area contributed by atoms with Crippen molar-refractivity contribution < 1.29 is 4.79 Å². The van der Waals surface area contributed by atoms with Gasteiger partial charge < -0.3 is 10.6 Å². The Balaban J connectivity index is 1.71. The van der Waals surface area contributed by atoms with E-state index < -0.39 is 0 Å². The number of amides is 1. The van der Waals surface area contributed by atoms with Crippen LogP contribution in [0.1, 0.15) is 19.8 Å². The highest BCUT2D eigenvalue weighted by atomic mass is 16.2. The van der Waals surface area contributed by atoms with E-state index in [1.165, 1.54) is 19.4 Å². The van der Waals surface area contributed by atoms with Gasteiger partial charge in [0.2, 0.25) is 5.91 Å². The Morgan fingerprint density at radius 1 is 1.53 bits per heavy atom. The molecule has 0 spiro atoms. The molecule has 0 aromatic heterocycles. The summed E-state index contributed by atoms with van der Waals surface area (Å²) in [5, 5.41) is 6.32. The van der Waals surface area contributed by atoms with Gasteiger partial charge in [0, 0.05) is 12.6 Å². The van der Waals surface area contributed by atoms with Crippen LogP contribution < -0.4 is 10.6 Å². The summed E-state index contributed by atoms with van der Waals surface area (Å²) < 4.78 is 0. The van der Waals surface area contributed by atoms with E-state index in [0.29, 0.717) is 12.6 Å². The number of hydrogen-bond acceptors (Lipinski definition) is 3. The molecule has 1 amide bonds. The molecule has 2 atom stereocenters. The topological polar surface area (TPSA) is 44.4 Å². The summed E-state index contributed by atoms with van der Waals surface area (Å²) in [5.41, 5.74) is 0.